The van der Waals surface area contributed by atoms with Crippen molar-refractivity contribution < 1.29 is 27.8 Å². The number of alkyl carbamates (subject to hydrolysis) is 1. The van der Waals surface area contributed by atoms with Crippen LogP contribution in [0.5, 0.6) is 5.75 Å². The fourth-order valence-electron chi connectivity index (χ4n) is 4.49. The summed E-state index contributed by atoms with van der Waals surface area (Å²) in [6.07, 6.45) is 2.99. The highest BCUT2D eigenvalue weighted by atomic mass is 19.1. The van der Waals surface area contributed by atoms with Crippen molar-refractivity contribution in [3.63, 3.8) is 0 Å². The molecule has 2 N–H and O–H groups in total. The highest BCUT2D eigenvalue weighted by Gasteiger charge is 2.28. The Bertz CT molecular complexity index is 1540. The number of carbonyl (C=O) groups is 2. The van der Waals surface area contributed by atoms with Crippen LogP contribution in [0.1, 0.15) is 66.5 Å². The van der Waals surface area contributed by atoms with Gasteiger partial charge < -0.3 is 20.1 Å². The van der Waals surface area contributed by atoms with E-state index in [0.717, 1.165) is 17.5 Å². The minimum Gasteiger partial charge on any atom is -0.485 e. The predicted molar refractivity (Wildman–Crippen MR) is 155 cm³/mol. The molecule has 222 valence electrons. The van der Waals surface area contributed by atoms with Crippen molar-refractivity contribution in [1.29, 1.82) is 0 Å². The Balaban J connectivity index is 1.52. The summed E-state index contributed by atoms with van der Waals surface area (Å²) in [6, 6.07) is 14.7. The van der Waals surface area contributed by atoms with Gasteiger partial charge in [0, 0.05) is 12.7 Å². The predicted octanol–water partition coefficient (Wildman–Crippen LogP) is 6.28. The van der Waals surface area contributed by atoms with E-state index in [0.29, 0.717) is 35.6 Å². The van der Waals surface area contributed by atoms with Crippen LogP contribution in [0, 0.1) is 18.6 Å². The van der Waals surface area contributed by atoms with Crippen LogP contribution in [0.4, 0.5) is 13.6 Å². The first-order chi connectivity index (χ1) is 20.1. The molecule has 0 aliphatic carbocycles. The zero-order valence-electron chi connectivity index (χ0n) is 24.3. The maximum Gasteiger partial charge on any atom is 0.407 e. The molecule has 10 heteroatoms. The lowest BCUT2D eigenvalue weighted by atomic mass is 9.99. The number of hydrogen-bond acceptors (Lipinski definition) is 5. The molecule has 2 aromatic carbocycles. The van der Waals surface area contributed by atoms with Gasteiger partial charge in [0.05, 0.1) is 16.8 Å². The van der Waals surface area contributed by atoms with Gasteiger partial charge in [-0.2, -0.15) is 0 Å². The number of rotatable bonds is 12. The maximum atomic E-state index is 14.2. The molecule has 4 rings (SSSR count). The first kappa shape index (κ1) is 30.5. The van der Waals surface area contributed by atoms with Gasteiger partial charge in [-0.05, 0) is 56.0 Å². The number of benzene rings is 2. The number of carbonyl (C=O) groups excluding carboxylic acids is 2. The van der Waals surface area contributed by atoms with Gasteiger partial charge in [-0.1, -0.05) is 56.7 Å². The number of nitrogens with zero attached hydrogens (tertiary/aromatic N) is 2. The van der Waals surface area contributed by atoms with Crippen LogP contribution >= 0.6 is 0 Å². The molecule has 2 amide bonds. The third-order valence-electron chi connectivity index (χ3n) is 7.07. The summed E-state index contributed by atoms with van der Waals surface area (Å²) in [5.74, 6) is -1.48. The molecular formula is C32H36F2N4O4. The third-order valence-corrected chi connectivity index (χ3v) is 7.07. The molecule has 1 unspecified atom stereocenters. The number of aromatic nitrogens is 2. The van der Waals surface area contributed by atoms with Crippen molar-refractivity contribution in [3.05, 3.63) is 101 Å². The largest absolute Gasteiger partial charge is 0.485 e. The quantitative estimate of drug-likeness (QED) is 0.207. The molecular weight excluding hydrogens is 542 g/mol. The van der Waals surface area contributed by atoms with Crippen molar-refractivity contribution in [2.24, 2.45) is 0 Å². The number of pyridine rings is 1. The molecule has 42 heavy (non-hydrogen) atoms. The van der Waals surface area contributed by atoms with Crippen LogP contribution in [-0.2, 0) is 24.4 Å². The molecule has 0 radical (unpaired) electrons. The van der Waals surface area contributed by atoms with E-state index in [1.54, 1.807) is 16.7 Å². The summed E-state index contributed by atoms with van der Waals surface area (Å²) in [6.45, 7) is 7.49. The molecule has 0 aliphatic rings. The summed E-state index contributed by atoms with van der Waals surface area (Å²) in [5.41, 5.74) is 1.94. The summed E-state index contributed by atoms with van der Waals surface area (Å²) >= 11 is 0. The van der Waals surface area contributed by atoms with Gasteiger partial charge >= 0.3 is 6.09 Å². The van der Waals surface area contributed by atoms with E-state index >= 15 is 0 Å². The highest BCUT2D eigenvalue weighted by Crippen LogP contribution is 2.27. The van der Waals surface area contributed by atoms with Gasteiger partial charge in [0.2, 0.25) is 0 Å². The summed E-state index contributed by atoms with van der Waals surface area (Å²) < 4.78 is 41.3. The number of nitrogens with one attached hydrogen (secondary N) is 2. The number of aryl methyl sites for hydroxylation is 2. The number of imidazole rings is 1. The van der Waals surface area contributed by atoms with E-state index in [2.05, 4.69) is 15.6 Å². The molecule has 0 saturated carbocycles. The van der Waals surface area contributed by atoms with Crippen molar-refractivity contribution in [1.82, 2.24) is 20.0 Å². The van der Waals surface area contributed by atoms with Crippen LogP contribution in [-0.4, -0.2) is 33.5 Å². The average molecular weight is 579 g/mol. The second kappa shape index (κ2) is 13.5. The van der Waals surface area contributed by atoms with E-state index in [1.807, 2.05) is 58.0 Å². The van der Waals surface area contributed by atoms with Crippen molar-refractivity contribution >= 4 is 17.6 Å². The minimum atomic E-state index is -0.775. The monoisotopic (exact) mass is 578 g/mol. The first-order valence-corrected chi connectivity index (χ1v) is 14.0. The van der Waals surface area contributed by atoms with Crippen LogP contribution < -0.4 is 15.4 Å². The molecule has 8 nitrogen and oxygen atoms in total. The molecule has 0 saturated heterocycles. The van der Waals surface area contributed by atoms with E-state index in [9.17, 15) is 18.4 Å². The van der Waals surface area contributed by atoms with Gasteiger partial charge in [0.15, 0.2) is 11.4 Å². The van der Waals surface area contributed by atoms with Crippen LogP contribution in [0.2, 0.25) is 0 Å². The van der Waals surface area contributed by atoms with Crippen LogP contribution in [0.25, 0.3) is 5.65 Å². The van der Waals surface area contributed by atoms with Gasteiger partial charge in [0.1, 0.15) is 30.5 Å². The SMILES string of the molecule is CCCc1nc2c(OCc3c(F)cccc3F)cc(C)cn2c1C(=O)NCC(C)(CC)NC(=O)OCc1ccccc1. The van der Waals surface area contributed by atoms with E-state index in [4.69, 9.17) is 9.47 Å². The first-order valence-electron chi connectivity index (χ1n) is 14.0. The Labute approximate surface area is 244 Å². The standard InChI is InChI=1S/C32H36F2N4O4/c1-5-11-26-28(30(39)35-20-32(4,6-2)37-31(40)42-18-22-12-8-7-9-13-22)38-17-21(3)16-27(29(38)36-26)41-19-23-24(33)14-10-15-25(23)34/h7-10,12-17H,5-6,11,18-20H2,1-4H3,(H,35,39)(H,37,40). The van der Waals surface area contributed by atoms with E-state index < -0.39 is 23.3 Å². The Hall–Kier alpha value is -4.47. The van der Waals surface area contributed by atoms with Gasteiger partial charge in [-0.25, -0.2) is 18.6 Å². The van der Waals surface area contributed by atoms with Gasteiger partial charge in [-0.15, -0.1) is 0 Å². The second-order valence-electron chi connectivity index (χ2n) is 10.5. The molecule has 0 bridgehead atoms. The zero-order chi connectivity index (χ0) is 30.3. The lowest BCUT2D eigenvalue weighted by molar-refractivity contribution is 0.0922. The Kier molecular flexibility index (Phi) is 9.77. The molecule has 0 fully saturated rings. The highest BCUT2D eigenvalue weighted by molar-refractivity contribution is 5.95. The number of fused-ring (bicyclic) bond motifs is 1. The van der Waals surface area contributed by atoms with Crippen LogP contribution in [0.15, 0.2) is 60.8 Å². The van der Waals surface area contributed by atoms with E-state index in [1.165, 1.54) is 18.2 Å². The topological polar surface area (TPSA) is 94.0 Å². The summed E-state index contributed by atoms with van der Waals surface area (Å²) in [7, 11) is 0. The zero-order valence-corrected chi connectivity index (χ0v) is 24.3. The van der Waals surface area contributed by atoms with E-state index in [-0.39, 0.29) is 31.2 Å². The minimum absolute atomic E-state index is 0.133. The Morgan fingerprint density at radius 2 is 1.74 bits per heavy atom. The Morgan fingerprint density at radius 1 is 1.02 bits per heavy atom. The number of hydrogen-bond donors (Lipinski definition) is 2. The van der Waals surface area contributed by atoms with Crippen molar-refractivity contribution in [3.8, 4) is 5.75 Å². The lowest BCUT2D eigenvalue weighted by Crippen LogP contribution is -2.53. The fourth-order valence-corrected chi connectivity index (χ4v) is 4.49. The van der Waals surface area contributed by atoms with Crippen LogP contribution in [0.3, 0.4) is 0 Å². The summed E-state index contributed by atoms with van der Waals surface area (Å²) in [5, 5.41) is 5.82. The smallest absolute Gasteiger partial charge is 0.407 e. The number of ether oxygens (including phenoxy) is 2. The van der Waals surface area contributed by atoms with Crippen molar-refractivity contribution in [2.45, 2.75) is 65.7 Å². The molecule has 0 spiro atoms. The van der Waals surface area contributed by atoms with Gasteiger partial charge in [-0.3, -0.25) is 9.20 Å². The number of halogens is 2. The molecule has 1 atom stereocenters. The third kappa shape index (κ3) is 7.23. The molecule has 2 heterocycles. The molecule has 2 aromatic heterocycles. The average Bonchev–Trinajstić information content (AvgIpc) is 3.33. The molecule has 0 aliphatic heterocycles. The Morgan fingerprint density at radius 3 is 2.40 bits per heavy atom. The second-order valence-corrected chi connectivity index (χ2v) is 10.5. The fraction of sp³-hybridized carbons (Fsp3) is 0.344. The normalized spacial score (nSPS) is 12.5. The lowest BCUT2D eigenvalue weighted by Gasteiger charge is -2.29. The number of amides is 2. The molecule has 4 aromatic rings. The summed E-state index contributed by atoms with van der Waals surface area (Å²) in [4.78, 5) is 30.8. The maximum absolute atomic E-state index is 14.2. The van der Waals surface area contributed by atoms with Gasteiger partial charge in [0.25, 0.3) is 5.91 Å². The van der Waals surface area contributed by atoms with Crippen molar-refractivity contribution in [2.75, 3.05) is 6.54 Å².